The van der Waals surface area contributed by atoms with Crippen LogP contribution >= 0.6 is 0 Å². The van der Waals surface area contributed by atoms with E-state index >= 15 is 0 Å². The predicted octanol–water partition coefficient (Wildman–Crippen LogP) is -5.02. The van der Waals surface area contributed by atoms with Crippen molar-refractivity contribution in [3.63, 3.8) is 0 Å². The van der Waals surface area contributed by atoms with Crippen LogP contribution < -0.4 is 99.5 Å². The van der Waals surface area contributed by atoms with Gasteiger partial charge in [-0.05, 0) is 125 Å². The van der Waals surface area contributed by atoms with Crippen LogP contribution in [0.2, 0.25) is 0 Å². The average molecular weight is 1390 g/mol. The average Bonchev–Trinajstić information content (AvgIpc) is 1.30. The zero-order valence-corrected chi connectivity index (χ0v) is 56.9. The van der Waals surface area contributed by atoms with E-state index in [1.807, 2.05) is 0 Å². The van der Waals surface area contributed by atoms with E-state index in [-0.39, 0.29) is 126 Å². The highest BCUT2D eigenvalue weighted by atomic mass is 16.4. The number of amides is 11. The van der Waals surface area contributed by atoms with Gasteiger partial charge in [0, 0.05) is 38.2 Å². The summed E-state index contributed by atoms with van der Waals surface area (Å²) in [6, 6.07) is 3.07. The molecule has 0 spiro atoms. The first-order chi connectivity index (χ1) is 46.9. The number of nitrogens with zero attached hydrogens (tertiary/aromatic N) is 4. The number of hydrogen-bond acceptors (Lipinski definition) is 17. The van der Waals surface area contributed by atoms with Crippen molar-refractivity contribution in [3.05, 3.63) is 71.3 Å². The highest BCUT2D eigenvalue weighted by molar-refractivity contribution is 5.99. The van der Waals surface area contributed by atoms with Crippen LogP contribution in [-0.2, 0) is 65.6 Å². The standard InChI is InChI=1S/C64H104N22O13/c1-5-37(4)51(59(96)82-44(20-13-29-76-64(72)73)60(97)86-30-14-21-48(86)58(95)83-45(61(98)99)17-9-10-26-65)85-55(92)43(19-12-28-75-63(70)71)80-54(91)42(18-11-27-74-62(68)69)81-56(93)46(31-36(2)3)84-57(94)47(33-38-15-7-6-8-16-38)79-50(88)35-77-49(87)34-78-53(90)41(66)32-39-22-24-40(25-23-39)52(67)89/h6-8,15-16,22-25,36-37,41-48,51H,5,9-14,17-21,26-35,65-66H2,1-4H3,(H2,67,89)(H,77,87)(H,78,90)(H,79,88)(H,80,91)(H,81,93)(H,82,96)(H,83,95)(H,84,94)(H,85,92)(H,98,99)(H4,68,69,74)(H4,70,71,75)(H4,72,73,76)/t37-,41-,42-,43-,44-,45-,46-,47-,48-,51-/m0/s1. The van der Waals surface area contributed by atoms with Crippen LogP contribution in [0.1, 0.15) is 133 Å². The molecule has 0 aromatic heterocycles. The van der Waals surface area contributed by atoms with Gasteiger partial charge in [-0.1, -0.05) is 76.6 Å². The largest absolute Gasteiger partial charge is 0.480 e. The van der Waals surface area contributed by atoms with Gasteiger partial charge in [0.05, 0.1) is 19.1 Å². The van der Waals surface area contributed by atoms with E-state index in [4.69, 9.17) is 51.6 Å². The van der Waals surface area contributed by atoms with E-state index in [9.17, 15) is 62.6 Å². The molecule has 0 saturated carbocycles. The number of nitrogens with one attached hydrogen (secondary N) is 9. The van der Waals surface area contributed by atoms with E-state index in [2.05, 4.69) is 62.8 Å². The Balaban J connectivity index is 1.91. The predicted molar refractivity (Wildman–Crippen MR) is 370 cm³/mol. The molecule has 35 heteroatoms. The molecule has 35 nitrogen and oxygen atoms in total. The monoisotopic (exact) mass is 1390 g/mol. The molecule has 3 rings (SSSR count). The number of aliphatic imine (C=N–C) groups is 3. The lowest BCUT2D eigenvalue weighted by molar-refractivity contribution is -0.145. The van der Waals surface area contributed by atoms with Crippen molar-refractivity contribution in [1.82, 2.24) is 52.8 Å². The number of guanidine groups is 3. The molecule has 0 radical (unpaired) electrons. The Bertz CT molecular complexity index is 3110. The number of hydrogen-bond donors (Lipinski definition) is 19. The number of primary amides is 1. The number of likely N-dealkylation sites (tertiary alicyclic amines) is 1. The molecule has 10 atom stereocenters. The van der Waals surface area contributed by atoms with Gasteiger partial charge in [-0.25, -0.2) is 4.79 Å². The molecular formula is C64H104N22O13. The minimum atomic E-state index is -1.45. The van der Waals surface area contributed by atoms with Crippen LogP contribution in [0.3, 0.4) is 0 Å². The van der Waals surface area contributed by atoms with Gasteiger partial charge >= 0.3 is 5.97 Å². The van der Waals surface area contributed by atoms with Gasteiger partial charge in [0.1, 0.15) is 48.3 Å². The fraction of sp³-hybridized carbons (Fsp3) is 0.578. The lowest BCUT2D eigenvalue weighted by atomic mass is 9.96. The Morgan fingerprint density at radius 1 is 0.535 bits per heavy atom. The van der Waals surface area contributed by atoms with Crippen molar-refractivity contribution in [3.8, 4) is 0 Å². The van der Waals surface area contributed by atoms with E-state index in [1.54, 1.807) is 70.2 Å². The molecule has 11 amide bonds. The molecule has 0 bridgehead atoms. The lowest BCUT2D eigenvalue weighted by Gasteiger charge is -2.32. The fourth-order valence-electron chi connectivity index (χ4n) is 10.6. The SMILES string of the molecule is CC[C@H](C)[C@H](NC(=O)[C@H](CCCN=C(N)N)NC(=O)[C@H](CCCN=C(N)N)NC(=O)[C@H](CC(C)C)NC(=O)[C@H](Cc1ccccc1)NC(=O)CNC(=O)CNC(=O)[C@@H](N)Cc1ccc(C(N)=O)cc1)C(=O)N[C@@H](CCCN=C(N)N)C(=O)N1CCC[C@H]1C(=O)N[C@@H](CCCCN)C(=O)O. The molecule has 2 aromatic rings. The summed E-state index contributed by atoms with van der Waals surface area (Å²) in [6.07, 6.45) is 2.00. The molecule has 0 aliphatic carbocycles. The first kappa shape index (κ1) is 83.0. The molecule has 1 saturated heterocycles. The Kier molecular flexibility index (Phi) is 36.8. The van der Waals surface area contributed by atoms with E-state index in [0.29, 0.717) is 43.4 Å². The van der Waals surface area contributed by atoms with Crippen molar-refractivity contribution in [2.24, 2.45) is 78.4 Å². The third-order valence-corrected chi connectivity index (χ3v) is 16.1. The first-order valence-electron chi connectivity index (χ1n) is 33.2. The molecule has 1 fully saturated rings. The number of carbonyl (C=O) groups is 12. The maximum Gasteiger partial charge on any atom is 0.326 e. The number of carboxylic acid groups (broad SMARTS) is 1. The van der Waals surface area contributed by atoms with Gasteiger partial charge < -0.3 is 109 Å². The van der Waals surface area contributed by atoms with Crippen molar-refractivity contribution in [2.45, 2.75) is 178 Å². The molecule has 1 aliphatic heterocycles. The third-order valence-electron chi connectivity index (χ3n) is 16.1. The quantitative estimate of drug-likeness (QED) is 0.0168. The Morgan fingerprint density at radius 2 is 1.03 bits per heavy atom. The lowest BCUT2D eigenvalue weighted by Crippen LogP contribution is -2.61. The first-order valence-corrected chi connectivity index (χ1v) is 33.2. The Hall–Kier alpha value is -10.2. The van der Waals surface area contributed by atoms with Crippen molar-refractivity contribution >= 4 is 88.8 Å². The summed E-state index contributed by atoms with van der Waals surface area (Å²) in [5.74, 6) is -11.3. The number of nitrogens with two attached hydrogens (primary N) is 9. The van der Waals surface area contributed by atoms with E-state index in [0.717, 1.165) is 0 Å². The maximum absolute atomic E-state index is 14.8. The minimum absolute atomic E-state index is 0.00621. The highest BCUT2D eigenvalue weighted by Crippen LogP contribution is 2.22. The van der Waals surface area contributed by atoms with Crippen LogP contribution in [0.5, 0.6) is 0 Å². The van der Waals surface area contributed by atoms with Gasteiger partial charge in [0.25, 0.3) is 0 Å². The van der Waals surface area contributed by atoms with E-state index < -0.39 is 144 Å². The van der Waals surface area contributed by atoms with Crippen LogP contribution in [0, 0.1) is 11.8 Å². The van der Waals surface area contributed by atoms with Gasteiger partial charge in [-0.3, -0.25) is 67.7 Å². The summed E-state index contributed by atoms with van der Waals surface area (Å²) in [7, 11) is 0. The van der Waals surface area contributed by atoms with Gasteiger partial charge in [0.2, 0.25) is 65.0 Å². The number of aliphatic carboxylic acids is 1. The van der Waals surface area contributed by atoms with Gasteiger partial charge in [-0.15, -0.1) is 0 Å². The smallest absolute Gasteiger partial charge is 0.326 e. The Labute approximate surface area is 576 Å². The van der Waals surface area contributed by atoms with Crippen LogP contribution in [0.4, 0.5) is 0 Å². The second-order valence-electron chi connectivity index (χ2n) is 24.6. The molecule has 1 heterocycles. The fourth-order valence-corrected chi connectivity index (χ4v) is 10.6. The number of carbonyl (C=O) groups excluding carboxylic acids is 11. The number of rotatable bonds is 45. The normalized spacial score (nSPS) is 15.2. The second-order valence-corrected chi connectivity index (χ2v) is 24.6. The molecule has 99 heavy (non-hydrogen) atoms. The van der Waals surface area contributed by atoms with Gasteiger partial charge in [0.15, 0.2) is 17.9 Å². The Morgan fingerprint density at radius 3 is 1.56 bits per heavy atom. The molecule has 0 unspecified atom stereocenters. The third kappa shape index (κ3) is 31.3. The zero-order valence-electron chi connectivity index (χ0n) is 56.9. The maximum atomic E-state index is 14.8. The minimum Gasteiger partial charge on any atom is -0.480 e. The topological polar surface area (TPSA) is 608 Å². The summed E-state index contributed by atoms with van der Waals surface area (Å²) in [5.41, 5.74) is 52.0. The van der Waals surface area contributed by atoms with Crippen LogP contribution in [-0.4, -0.2) is 199 Å². The summed E-state index contributed by atoms with van der Waals surface area (Å²) < 4.78 is 0. The summed E-state index contributed by atoms with van der Waals surface area (Å²) in [5, 5.41) is 33.6. The zero-order chi connectivity index (χ0) is 73.7. The number of carboxylic acids is 1. The van der Waals surface area contributed by atoms with Gasteiger partial charge in [-0.2, -0.15) is 0 Å². The number of unbranched alkanes of at least 4 members (excludes halogenated alkanes) is 1. The summed E-state index contributed by atoms with van der Waals surface area (Å²) >= 11 is 0. The highest BCUT2D eigenvalue weighted by Gasteiger charge is 2.41. The summed E-state index contributed by atoms with van der Waals surface area (Å²) in [6.45, 7) is 6.26. The van der Waals surface area contributed by atoms with E-state index in [1.165, 1.54) is 17.0 Å². The molecule has 1 aliphatic rings. The summed E-state index contributed by atoms with van der Waals surface area (Å²) in [4.78, 5) is 178. The van der Waals surface area contributed by atoms with Crippen LogP contribution in [0.25, 0.3) is 0 Å². The molecule has 548 valence electrons. The van der Waals surface area contributed by atoms with Crippen molar-refractivity contribution < 1.29 is 62.6 Å². The number of benzene rings is 2. The second kappa shape index (κ2) is 43.9. The van der Waals surface area contributed by atoms with Crippen molar-refractivity contribution in [1.29, 1.82) is 0 Å². The van der Waals surface area contributed by atoms with Crippen molar-refractivity contribution in [2.75, 3.05) is 45.8 Å². The molecule has 28 N–H and O–H groups in total. The van der Waals surface area contributed by atoms with Crippen LogP contribution in [0.15, 0.2) is 69.6 Å². The molecular weight excluding hydrogens is 1280 g/mol. The molecule has 2 aromatic carbocycles.